The van der Waals surface area contributed by atoms with E-state index in [1.807, 2.05) is 13.8 Å². The van der Waals surface area contributed by atoms with Crippen LogP contribution in [-0.2, 0) is 0 Å². The second kappa shape index (κ2) is 4.42. The molecule has 1 saturated carbocycles. The Morgan fingerprint density at radius 3 is 2.81 bits per heavy atom. The van der Waals surface area contributed by atoms with Crippen LogP contribution in [0.4, 0.5) is 5.69 Å². The van der Waals surface area contributed by atoms with Crippen molar-refractivity contribution in [1.29, 1.82) is 0 Å². The first-order chi connectivity index (χ1) is 7.58. The molecule has 1 aliphatic carbocycles. The molecule has 0 aliphatic heterocycles. The van der Waals surface area contributed by atoms with Crippen molar-refractivity contribution in [1.82, 2.24) is 4.98 Å². The lowest BCUT2D eigenvalue weighted by Crippen LogP contribution is -2.14. The van der Waals surface area contributed by atoms with Crippen LogP contribution in [0, 0.1) is 5.92 Å². The van der Waals surface area contributed by atoms with Crippen molar-refractivity contribution in [3.63, 3.8) is 0 Å². The zero-order chi connectivity index (χ0) is 11.7. The first kappa shape index (κ1) is 11.4. The fourth-order valence-electron chi connectivity index (χ4n) is 1.62. The topological polar surface area (TPSA) is 42.0 Å². The molecule has 16 heavy (non-hydrogen) atoms. The van der Waals surface area contributed by atoms with Gasteiger partial charge < -0.3 is 5.32 Å². The van der Waals surface area contributed by atoms with E-state index in [0.717, 1.165) is 18.5 Å². The van der Waals surface area contributed by atoms with Crippen molar-refractivity contribution in [2.24, 2.45) is 5.92 Å². The molecule has 1 heterocycles. The van der Waals surface area contributed by atoms with Crippen molar-refractivity contribution in [2.45, 2.75) is 32.7 Å². The number of carbonyl (C=O) groups is 1. The van der Waals surface area contributed by atoms with Crippen molar-refractivity contribution in [3.8, 4) is 0 Å². The van der Waals surface area contributed by atoms with Gasteiger partial charge >= 0.3 is 0 Å². The first-order valence-electron chi connectivity index (χ1n) is 5.54. The highest BCUT2D eigenvalue weighted by atomic mass is 35.5. The van der Waals surface area contributed by atoms with E-state index in [4.69, 9.17) is 11.6 Å². The monoisotopic (exact) mass is 238 g/mol. The van der Waals surface area contributed by atoms with Gasteiger partial charge in [-0.15, -0.1) is 0 Å². The van der Waals surface area contributed by atoms with Crippen LogP contribution in [0.15, 0.2) is 12.3 Å². The minimum Gasteiger partial charge on any atom is -0.382 e. The number of ketones is 1. The SMILES string of the molecule is CC(C)Nc1cc(Cl)ncc1C(=O)C1CC1. The van der Waals surface area contributed by atoms with E-state index >= 15 is 0 Å². The molecule has 1 aromatic heterocycles. The zero-order valence-electron chi connectivity index (χ0n) is 9.46. The number of nitrogens with zero attached hydrogens (tertiary/aromatic N) is 1. The molecule has 0 atom stereocenters. The summed E-state index contributed by atoms with van der Waals surface area (Å²) < 4.78 is 0. The minimum absolute atomic E-state index is 0.187. The molecule has 1 aromatic rings. The number of hydrogen-bond donors (Lipinski definition) is 1. The lowest BCUT2D eigenvalue weighted by molar-refractivity contribution is 0.0968. The highest BCUT2D eigenvalue weighted by Crippen LogP contribution is 2.34. The number of aromatic nitrogens is 1. The highest BCUT2D eigenvalue weighted by Gasteiger charge is 2.32. The van der Waals surface area contributed by atoms with Crippen LogP contribution < -0.4 is 5.32 Å². The molecule has 0 amide bonds. The van der Waals surface area contributed by atoms with E-state index in [1.165, 1.54) is 0 Å². The third-order valence-corrected chi connectivity index (χ3v) is 2.74. The summed E-state index contributed by atoms with van der Waals surface area (Å²) in [4.78, 5) is 16.0. The lowest BCUT2D eigenvalue weighted by atomic mass is 10.1. The number of carbonyl (C=O) groups excluding carboxylic acids is 1. The largest absolute Gasteiger partial charge is 0.382 e. The quantitative estimate of drug-likeness (QED) is 0.647. The van der Waals surface area contributed by atoms with Crippen LogP contribution in [0.2, 0.25) is 5.15 Å². The first-order valence-corrected chi connectivity index (χ1v) is 5.92. The van der Waals surface area contributed by atoms with Crippen molar-refractivity contribution < 1.29 is 4.79 Å². The molecule has 3 nitrogen and oxygen atoms in total. The summed E-state index contributed by atoms with van der Waals surface area (Å²) in [5, 5.41) is 3.64. The second-order valence-electron chi connectivity index (χ2n) is 4.49. The van der Waals surface area contributed by atoms with Gasteiger partial charge in [0.1, 0.15) is 5.15 Å². The van der Waals surface area contributed by atoms with Gasteiger partial charge in [0.05, 0.1) is 5.56 Å². The normalized spacial score (nSPS) is 15.2. The summed E-state index contributed by atoms with van der Waals surface area (Å²) in [5.41, 5.74) is 1.47. The number of hydrogen-bond acceptors (Lipinski definition) is 3. The Balaban J connectivity index is 2.30. The molecule has 1 N–H and O–H groups in total. The molecular formula is C12H15ClN2O. The van der Waals surface area contributed by atoms with Gasteiger partial charge in [0.15, 0.2) is 5.78 Å². The van der Waals surface area contributed by atoms with Gasteiger partial charge in [-0.3, -0.25) is 4.79 Å². The molecule has 86 valence electrons. The summed E-state index contributed by atoms with van der Waals surface area (Å²) in [5.74, 6) is 0.392. The van der Waals surface area contributed by atoms with Crippen LogP contribution in [0.1, 0.15) is 37.0 Å². The molecule has 0 bridgehead atoms. The van der Waals surface area contributed by atoms with Crippen LogP contribution in [-0.4, -0.2) is 16.8 Å². The van der Waals surface area contributed by atoms with Crippen LogP contribution >= 0.6 is 11.6 Å². The summed E-state index contributed by atoms with van der Waals surface area (Å²) in [6.07, 6.45) is 3.58. The number of halogens is 1. The zero-order valence-corrected chi connectivity index (χ0v) is 10.2. The fourth-order valence-corrected chi connectivity index (χ4v) is 1.78. The highest BCUT2D eigenvalue weighted by molar-refractivity contribution is 6.29. The summed E-state index contributed by atoms with van der Waals surface area (Å²) in [6, 6.07) is 1.99. The van der Waals surface area contributed by atoms with Gasteiger partial charge in [-0.1, -0.05) is 11.6 Å². The maximum absolute atomic E-state index is 12.0. The number of nitrogens with one attached hydrogen (secondary N) is 1. The molecule has 1 fully saturated rings. The predicted molar refractivity (Wildman–Crippen MR) is 65.1 cm³/mol. The van der Waals surface area contributed by atoms with Crippen molar-refractivity contribution in [3.05, 3.63) is 23.0 Å². The fraction of sp³-hybridized carbons (Fsp3) is 0.500. The van der Waals surface area contributed by atoms with Crippen LogP contribution in [0.3, 0.4) is 0 Å². The van der Waals surface area contributed by atoms with E-state index in [2.05, 4.69) is 10.3 Å². The van der Waals surface area contributed by atoms with E-state index in [9.17, 15) is 4.79 Å². The van der Waals surface area contributed by atoms with E-state index in [-0.39, 0.29) is 17.7 Å². The average Bonchev–Trinajstić information content (AvgIpc) is 2.99. The van der Waals surface area contributed by atoms with Gasteiger partial charge in [0, 0.05) is 23.8 Å². The number of rotatable bonds is 4. The van der Waals surface area contributed by atoms with Gasteiger partial charge in [0.25, 0.3) is 0 Å². The average molecular weight is 239 g/mol. The second-order valence-corrected chi connectivity index (χ2v) is 4.88. The van der Waals surface area contributed by atoms with Gasteiger partial charge in [-0.25, -0.2) is 4.98 Å². The van der Waals surface area contributed by atoms with Gasteiger partial charge in [0.2, 0.25) is 0 Å². The number of Topliss-reactive ketones (excluding diaryl/α,β-unsaturated/α-hetero) is 1. The molecule has 0 radical (unpaired) electrons. The summed E-state index contributed by atoms with van der Waals surface area (Å²) >= 11 is 5.84. The molecule has 0 unspecified atom stereocenters. The third-order valence-electron chi connectivity index (χ3n) is 2.53. The predicted octanol–water partition coefficient (Wildman–Crippen LogP) is 3.15. The molecule has 4 heteroatoms. The molecule has 1 aliphatic rings. The standard InChI is InChI=1S/C12H15ClN2O/c1-7(2)15-10-5-11(13)14-6-9(10)12(16)8-3-4-8/h5-8H,3-4H2,1-2H3,(H,14,15). The Hall–Kier alpha value is -1.09. The van der Waals surface area contributed by atoms with E-state index < -0.39 is 0 Å². The Bertz CT molecular complexity index is 413. The molecule has 0 saturated heterocycles. The molecule has 0 aromatic carbocycles. The van der Waals surface area contributed by atoms with Gasteiger partial charge in [-0.05, 0) is 32.8 Å². The Kier molecular flexibility index (Phi) is 3.15. The Morgan fingerprint density at radius 1 is 1.56 bits per heavy atom. The van der Waals surface area contributed by atoms with Crippen molar-refractivity contribution in [2.75, 3.05) is 5.32 Å². The molecular weight excluding hydrogens is 224 g/mol. The third kappa shape index (κ3) is 2.53. The Labute approximate surface area is 100 Å². The maximum atomic E-state index is 12.0. The smallest absolute Gasteiger partial charge is 0.169 e. The maximum Gasteiger partial charge on any atom is 0.169 e. The minimum atomic E-state index is 0.187. The Morgan fingerprint density at radius 2 is 2.25 bits per heavy atom. The molecule has 2 rings (SSSR count). The van der Waals surface area contributed by atoms with Gasteiger partial charge in [-0.2, -0.15) is 0 Å². The van der Waals surface area contributed by atoms with E-state index in [1.54, 1.807) is 12.3 Å². The summed E-state index contributed by atoms with van der Waals surface area (Å²) in [7, 11) is 0. The number of pyridine rings is 1. The number of anilines is 1. The van der Waals surface area contributed by atoms with Crippen molar-refractivity contribution >= 4 is 23.1 Å². The molecule has 0 spiro atoms. The summed E-state index contributed by atoms with van der Waals surface area (Å²) in [6.45, 7) is 4.05. The van der Waals surface area contributed by atoms with E-state index in [0.29, 0.717) is 10.7 Å². The lowest BCUT2D eigenvalue weighted by Gasteiger charge is -2.13. The van der Waals surface area contributed by atoms with Crippen LogP contribution in [0.5, 0.6) is 0 Å². The van der Waals surface area contributed by atoms with Crippen LogP contribution in [0.25, 0.3) is 0 Å².